The van der Waals surface area contributed by atoms with E-state index in [1.807, 2.05) is 0 Å². The van der Waals surface area contributed by atoms with Crippen LogP contribution >= 0.6 is 0 Å². The fourth-order valence-electron chi connectivity index (χ4n) is 1.42. The van der Waals surface area contributed by atoms with E-state index in [1.54, 1.807) is 0 Å². The van der Waals surface area contributed by atoms with Crippen LogP contribution in [0.5, 0.6) is 0 Å². The molecule has 0 amide bonds. The Kier molecular flexibility index (Phi) is 2.77. The van der Waals surface area contributed by atoms with Gasteiger partial charge in [0.25, 0.3) is 0 Å². The summed E-state index contributed by atoms with van der Waals surface area (Å²) in [5.41, 5.74) is 0. The molecule has 0 unspecified atom stereocenters. The van der Waals surface area contributed by atoms with Crippen LogP contribution in [0.25, 0.3) is 0 Å². The van der Waals surface area contributed by atoms with E-state index in [1.165, 1.54) is 12.8 Å². The van der Waals surface area contributed by atoms with E-state index in [0.29, 0.717) is 0 Å². The highest BCUT2D eigenvalue weighted by Crippen LogP contribution is 2.25. The van der Waals surface area contributed by atoms with Crippen LogP contribution in [0.4, 0.5) is 0 Å². The molecule has 0 aromatic heterocycles. The van der Waals surface area contributed by atoms with Gasteiger partial charge >= 0.3 is 0 Å². The zero-order valence-corrected chi connectivity index (χ0v) is 6.56. The predicted molar refractivity (Wildman–Crippen MR) is 43.6 cm³/mol. The number of terminal acetylenes is 1. The van der Waals surface area contributed by atoms with E-state index in [9.17, 15) is 0 Å². The van der Waals surface area contributed by atoms with Crippen LogP contribution in [0.3, 0.4) is 0 Å². The molecule has 1 saturated carbocycles. The first-order valence-electron chi connectivity index (χ1n) is 3.99. The van der Waals surface area contributed by atoms with Gasteiger partial charge in [-0.3, -0.25) is 0 Å². The Morgan fingerprint density at radius 3 is 2.80 bits per heavy atom. The lowest BCUT2D eigenvalue weighted by atomic mass is 9.82. The zero-order valence-electron chi connectivity index (χ0n) is 6.56. The summed E-state index contributed by atoms with van der Waals surface area (Å²) in [4.78, 5) is 0. The maximum absolute atomic E-state index is 5.11. The number of hydrogen-bond acceptors (Lipinski definition) is 1. The van der Waals surface area contributed by atoms with Gasteiger partial charge in [0, 0.05) is 19.0 Å². The quantitative estimate of drug-likeness (QED) is 0.458. The summed E-state index contributed by atoms with van der Waals surface area (Å²) in [7, 11) is 0. The van der Waals surface area contributed by atoms with Gasteiger partial charge in [-0.2, -0.15) is 0 Å². The van der Waals surface area contributed by atoms with Crippen LogP contribution in [-0.4, -0.2) is 12.6 Å². The van der Waals surface area contributed by atoms with Gasteiger partial charge in [-0.25, -0.2) is 0 Å². The van der Waals surface area contributed by atoms with Crippen molar-refractivity contribution < 1.29 is 0 Å². The Morgan fingerprint density at radius 2 is 2.30 bits per heavy atom. The molecule has 0 bridgehead atoms. The van der Waals surface area contributed by atoms with Crippen LogP contribution in [0, 0.1) is 18.3 Å². The highest BCUT2D eigenvalue weighted by Gasteiger charge is 2.23. The SMILES string of the molecule is C#CCCNC1CC(C)C1. The molecule has 0 aromatic rings. The second-order valence-corrected chi connectivity index (χ2v) is 3.18. The Hall–Kier alpha value is -0.480. The van der Waals surface area contributed by atoms with Crippen molar-refractivity contribution in [3.05, 3.63) is 0 Å². The molecule has 0 aromatic carbocycles. The molecule has 0 atom stereocenters. The summed E-state index contributed by atoms with van der Waals surface area (Å²) in [5, 5.41) is 3.41. The van der Waals surface area contributed by atoms with Crippen molar-refractivity contribution in [2.75, 3.05) is 6.54 Å². The molecule has 0 spiro atoms. The molecular formula is C9H15N. The standard InChI is InChI=1S/C9H15N/c1-3-4-5-10-9-6-8(2)7-9/h1,8-10H,4-7H2,2H3. The molecule has 10 heavy (non-hydrogen) atoms. The summed E-state index contributed by atoms with van der Waals surface area (Å²) in [5.74, 6) is 3.55. The molecular weight excluding hydrogens is 122 g/mol. The molecule has 1 fully saturated rings. The van der Waals surface area contributed by atoms with E-state index in [-0.39, 0.29) is 0 Å². The van der Waals surface area contributed by atoms with E-state index in [2.05, 4.69) is 18.2 Å². The van der Waals surface area contributed by atoms with Crippen LogP contribution in [0.1, 0.15) is 26.2 Å². The minimum Gasteiger partial charge on any atom is -0.313 e. The molecule has 1 nitrogen and oxygen atoms in total. The summed E-state index contributed by atoms with van der Waals surface area (Å²) >= 11 is 0. The Bertz CT molecular complexity index is 128. The van der Waals surface area contributed by atoms with Crippen molar-refractivity contribution in [3.63, 3.8) is 0 Å². The average molecular weight is 137 g/mol. The fourth-order valence-corrected chi connectivity index (χ4v) is 1.42. The normalized spacial score (nSPS) is 30.8. The maximum Gasteiger partial charge on any atom is 0.0211 e. The smallest absolute Gasteiger partial charge is 0.0211 e. The topological polar surface area (TPSA) is 12.0 Å². The molecule has 0 saturated heterocycles. The van der Waals surface area contributed by atoms with Gasteiger partial charge in [-0.1, -0.05) is 6.92 Å². The summed E-state index contributed by atoms with van der Waals surface area (Å²) < 4.78 is 0. The van der Waals surface area contributed by atoms with E-state index < -0.39 is 0 Å². The average Bonchev–Trinajstić information content (AvgIpc) is 1.85. The third-order valence-electron chi connectivity index (χ3n) is 2.08. The Labute approximate surface area is 63.2 Å². The van der Waals surface area contributed by atoms with Gasteiger partial charge in [0.15, 0.2) is 0 Å². The second kappa shape index (κ2) is 3.63. The van der Waals surface area contributed by atoms with Gasteiger partial charge < -0.3 is 5.32 Å². The summed E-state index contributed by atoms with van der Waals surface area (Å²) in [6, 6.07) is 0.767. The summed E-state index contributed by atoms with van der Waals surface area (Å²) in [6.07, 6.45) is 8.65. The molecule has 1 aliphatic carbocycles. The van der Waals surface area contributed by atoms with E-state index in [4.69, 9.17) is 6.42 Å². The molecule has 0 aliphatic heterocycles. The van der Waals surface area contributed by atoms with Crippen LogP contribution < -0.4 is 5.32 Å². The van der Waals surface area contributed by atoms with Crippen molar-refractivity contribution in [1.82, 2.24) is 5.32 Å². The van der Waals surface area contributed by atoms with Crippen molar-refractivity contribution in [1.29, 1.82) is 0 Å². The highest BCUT2D eigenvalue weighted by molar-refractivity contribution is 4.87. The Balaban J connectivity index is 1.91. The lowest BCUT2D eigenvalue weighted by molar-refractivity contribution is 0.244. The van der Waals surface area contributed by atoms with E-state index in [0.717, 1.165) is 24.9 Å². The maximum atomic E-state index is 5.11. The van der Waals surface area contributed by atoms with Crippen LogP contribution in [-0.2, 0) is 0 Å². The van der Waals surface area contributed by atoms with Crippen molar-refractivity contribution in [3.8, 4) is 12.3 Å². The molecule has 56 valence electrons. The van der Waals surface area contributed by atoms with Crippen molar-refractivity contribution in [2.24, 2.45) is 5.92 Å². The Morgan fingerprint density at radius 1 is 1.60 bits per heavy atom. The third kappa shape index (κ3) is 2.04. The first kappa shape index (κ1) is 7.63. The first-order valence-corrected chi connectivity index (χ1v) is 3.99. The molecule has 0 heterocycles. The minimum atomic E-state index is 0.767. The highest BCUT2D eigenvalue weighted by atomic mass is 14.9. The van der Waals surface area contributed by atoms with E-state index >= 15 is 0 Å². The molecule has 1 N–H and O–H groups in total. The van der Waals surface area contributed by atoms with Crippen LogP contribution in [0.15, 0.2) is 0 Å². The number of nitrogens with one attached hydrogen (secondary N) is 1. The molecule has 0 radical (unpaired) electrons. The van der Waals surface area contributed by atoms with Gasteiger partial charge in [-0.05, 0) is 18.8 Å². The monoisotopic (exact) mass is 137 g/mol. The fraction of sp³-hybridized carbons (Fsp3) is 0.778. The lowest BCUT2D eigenvalue weighted by Crippen LogP contribution is -2.40. The molecule has 1 rings (SSSR count). The second-order valence-electron chi connectivity index (χ2n) is 3.18. The van der Waals surface area contributed by atoms with Gasteiger partial charge in [0.1, 0.15) is 0 Å². The largest absolute Gasteiger partial charge is 0.313 e. The first-order chi connectivity index (χ1) is 4.83. The molecule has 1 heteroatoms. The predicted octanol–water partition coefficient (Wildman–Crippen LogP) is 1.40. The van der Waals surface area contributed by atoms with Crippen molar-refractivity contribution >= 4 is 0 Å². The van der Waals surface area contributed by atoms with Crippen molar-refractivity contribution in [2.45, 2.75) is 32.2 Å². The van der Waals surface area contributed by atoms with Gasteiger partial charge in [-0.15, -0.1) is 12.3 Å². The molecule has 1 aliphatic rings. The van der Waals surface area contributed by atoms with Gasteiger partial charge in [0.05, 0.1) is 0 Å². The zero-order chi connectivity index (χ0) is 7.40. The third-order valence-corrected chi connectivity index (χ3v) is 2.08. The van der Waals surface area contributed by atoms with Gasteiger partial charge in [0.2, 0.25) is 0 Å². The summed E-state index contributed by atoms with van der Waals surface area (Å²) in [6.45, 7) is 3.28. The number of hydrogen-bond donors (Lipinski definition) is 1. The lowest BCUT2D eigenvalue weighted by Gasteiger charge is -2.33. The minimum absolute atomic E-state index is 0.767. The van der Waals surface area contributed by atoms with Crippen LogP contribution in [0.2, 0.25) is 0 Å². The number of rotatable bonds is 3.